The highest BCUT2D eigenvalue weighted by molar-refractivity contribution is 7.21. The Hall–Kier alpha value is -5.31. The van der Waals surface area contributed by atoms with Gasteiger partial charge in [-0.15, -0.1) is 26.3 Å². The Morgan fingerprint density at radius 1 is 1.10 bits per heavy atom. The first kappa shape index (κ1) is 25.0. The molecule has 0 radical (unpaired) electrons. The van der Waals surface area contributed by atoms with Crippen LogP contribution < -0.4 is 11.1 Å². The average Bonchev–Trinajstić information content (AvgIpc) is 3.76. The number of hydrogen-bond acceptors (Lipinski definition) is 9. The Morgan fingerprint density at radius 3 is 2.65 bits per heavy atom. The molecule has 200 valence electrons. The maximum Gasteiger partial charge on any atom is 0.280 e. The summed E-state index contributed by atoms with van der Waals surface area (Å²) in [6.07, 6.45) is 0.0525. The van der Waals surface area contributed by atoms with Gasteiger partial charge < -0.3 is 15.5 Å². The molecule has 12 nitrogen and oxygen atoms in total. The molecule has 5 heterocycles. The van der Waals surface area contributed by atoms with Crippen LogP contribution in [0.5, 0.6) is 0 Å². The zero-order chi connectivity index (χ0) is 27.8. The van der Waals surface area contributed by atoms with Gasteiger partial charge in [-0.1, -0.05) is 30.3 Å². The summed E-state index contributed by atoms with van der Waals surface area (Å²) in [5.74, 6) is -0.844. The standard InChI is InChI=1S/C25H17F2N9O3S/c26-21(27)16-11-14(17-7-4-10-39-17)18-19(20(22(28)37)40-25(18)29-16)30-24(38)15-8-9-35(32-15)12-36-33-23(31-34-36)13-5-2-1-3-6-13/h1-11,21H,12H2,(H2,28,37)(H,30,38). The van der Waals surface area contributed by atoms with Crippen LogP contribution in [0.25, 0.3) is 32.9 Å². The Bertz CT molecular complexity index is 1850. The van der Waals surface area contributed by atoms with Crippen molar-refractivity contribution in [3.8, 4) is 22.7 Å². The minimum absolute atomic E-state index is 0.00915. The van der Waals surface area contributed by atoms with Crippen LogP contribution in [-0.2, 0) is 6.67 Å². The molecule has 0 aliphatic heterocycles. The number of amides is 2. The smallest absolute Gasteiger partial charge is 0.280 e. The van der Waals surface area contributed by atoms with Gasteiger partial charge >= 0.3 is 0 Å². The molecule has 15 heteroatoms. The molecule has 0 aliphatic carbocycles. The van der Waals surface area contributed by atoms with Crippen molar-refractivity contribution in [1.29, 1.82) is 0 Å². The molecule has 0 bridgehead atoms. The maximum atomic E-state index is 13.6. The fourth-order valence-electron chi connectivity index (χ4n) is 4.02. The van der Waals surface area contributed by atoms with Crippen LogP contribution in [0, 0.1) is 0 Å². The molecular weight excluding hydrogens is 544 g/mol. The fraction of sp³-hybridized carbons (Fsp3) is 0.0800. The number of hydrogen-bond donors (Lipinski definition) is 2. The monoisotopic (exact) mass is 561 g/mol. The predicted molar refractivity (Wildman–Crippen MR) is 140 cm³/mol. The van der Waals surface area contributed by atoms with Crippen molar-refractivity contribution in [1.82, 2.24) is 35.0 Å². The Kier molecular flexibility index (Phi) is 6.31. The Morgan fingerprint density at radius 2 is 1.93 bits per heavy atom. The second-order valence-corrected chi connectivity index (χ2v) is 9.41. The molecule has 6 rings (SSSR count). The summed E-state index contributed by atoms with van der Waals surface area (Å²) in [5.41, 5.74) is 6.12. The molecule has 40 heavy (non-hydrogen) atoms. The number of pyridine rings is 1. The van der Waals surface area contributed by atoms with Crippen molar-refractivity contribution in [2.24, 2.45) is 5.73 Å². The van der Waals surface area contributed by atoms with E-state index in [0.717, 1.165) is 23.0 Å². The van der Waals surface area contributed by atoms with Crippen molar-refractivity contribution < 1.29 is 22.8 Å². The third-order valence-corrected chi connectivity index (χ3v) is 6.88. The molecule has 0 atom stereocenters. The van der Waals surface area contributed by atoms with Crippen molar-refractivity contribution >= 4 is 39.1 Å². The van der Waals surface area contributed by atoms with E-state index in [-0.39, 0.29) is 44.5 Å². The van der Waals surface area contributed by atoms with Gasteiger partial charge in [-0.3, -0.25) is 9.59 Å². The highest BCUT2D eigenvalue weighted by Gasteiger charge is 2.26. The van der Waals surface area contributed by atoms with E-state index in [4.69, 9.17) is 10.2 Å². The van der Waals surface area contributed by atoms with Gasteiger partial charge in [0.1, 0.15) is 21.2 Å². The van der Waals surface area contributed by atoms with Gasteiger partial charge in [-0.05, 0) is 29.5 Å². The lowest BCUT2D eigenvalue weighted by atomic mass is 10.1. The summed E-state index contributed by atoms with van der Waals surface area (Å²) in [4.78, 5) is 30.8. The van der Waals surface area contributed by atoms with Crippen molar-refractivity contribution in [3.63, 3.8) is 0 Å². The summed E-state index contributed by atoms with van der Waals surface area (Å²) < 4.78 is 34.0. The lowest BCUT2D eigenvalue weighted by molar-refractivity contribution is 0.100. The number of benzene rings is 1. The zero-order valence-corrected chi connectivity index (χ0v) is 21.0. The third kappa shape index (κ3) is 4.69. The van der Waals surface area contributed by atoms with Gasteiger partial charge in [0.15, 0.2) is 12.4 Å². The number of carbonyl (C=O) groups excluding carboxylic acids is 2. The van der Waals surface area contributed by atoms with E-state index in [2.05, 4.69) is 30.8 Å². The van der Waals surface area contributed by atoms with Crippen molar-refractivity contribution in [2.45, 2.75) is 13.1 Å². The van der Waals surface area contributed by atoms with Gasteiger partial charge in [-0.25, -0.2) is 18.4 Å². The van der Waals surface area contributed by atoms with Crippen LogP contribution in [0.1, 0.15) is 32.3 Å². The van der Waals surface area contributed by atoms with Gasteiger partial charge in [0.25, 0.3) is 18.2 Å². The quantitative estimate of drug-likeness (QED) is 0.280. The summed E-state index contributed by atoms with van der Waals surface area (Å²) >= 11 is 0.792. The number of nitrogens with zero attached hydrogens (tertiary/aromatic N) is 7. The topological polar surface area (TPSA) is 160 Å². The molecule has 3 N–H and O–H groups in total. The number of primary amides is 1. The third-order valence-electron chi connectivity index (χ3n) is 5.78. The molecule has 0 saturated carbocycles. The number of nitrogens with one attached hydrogen (secondary N) is 1. The highest BCUT2D eigenvalue weighted by atomic mass is 32.1. The van der Waals surface area contributed by atoms with E-state index in [1.807, 2.05) is 30.3 Å². The number of carbonyl (C=O) groups is 2. The predicted octanol–water partition coefficient (Wildman–Crippen LogP) is 4.20. The number of tetrazole rings is 1. The average molecular weight is 562 g/mol. The van der Waals surface area contributed by atoms with E-state index in [9.17, 15) is 18.4 Å². The lowest BCUT2D eigenvalue weighted by Gasteiger charge is -2.09. The number of alkyl halides is 2. The van der Waals surface area contributed by atoms with Crippen LogP contribution in [0.4, 0.5) is 14.5 Å². The number of nitrogens with two attached hydrogens (primary N) is 1. The molecule has 5 aromatic heterocycles. The summed E-state index contributed by atoms with van der Waals surface area (Å²) in [5, 5.41) is 19.5. The molecule has 1 aromatic carbocycles. The van der Waals surface area contributed by atoms with Gasteiger partial charge in [0.2, 0.25) is 5.82 Å². The first-order chi connectivity index (χ1) is 19.4. The number of furan rings is 1. The SMILES string of the molecule is NC(=O)c1sc2nc(C(F)F)cc(-c3ccco3)c2c1NC(=O)c1ccn(Cn2nnc(-c3ccccc3)n2)n1. The maximum absolute atomic E-state index is 13.6. The van der Waals surface area contributed by atoms with Crippen LogP contribution in [0.2, 0.25) is 0 Å². The number of anilines is 1. The number of fused-ring (bicyclic) bond motifs is 1. The van der Waals surface area contributed by atoms with Gasteiger partial charge in [0, 0.05) is 22.7 Å². The summed E-state index contributed by atoms with van der Waals surface area (Å²) in [7, 11) is 0. The molecule has 0 unspecified atom stereocenters. The first-order valence-electron chi connectivity index (χ1n) is 11.6. The second kappa shape index (κ2) is 10.1. The lowest BCUT2D eigenvalue weighted by Crippen LogP contribution is -2.18. The number of thiophene rings is 1. The summed E-state index contributed by atoms with van der Waals surface area (Å²) in [6, 6.07) is 15.1. The van der Waals surface area contributed by atoms with E-state index in [0.29, 0.717) is 5.82 Å². The molecular formula is C25H17F2N9O3S. The molecule has 0 aliphatic rings. The molecule has 0 saturated heterocycles. The minimum atomic E-state index is -2.87. The largest absolute Gasteiger partial charge is 0.464 e. The zero-order valence-electron chi connectivity index (χ0n) is 20.2. The van der Waals surface area contributed by atoms with Crippen LogP contribution in [-0.4, -0.2) is 46.8 Å². The van der Waals surface area contributed by atoms with Crippen LogP contribution in [0.15, 0.2) is 71.5 Å². The molecule has 2 amide bonds. The Balaban J connectivity index is 1.31. The van der Waals surface area contributed by atoms with E-state index in [1.165, 1.54) is 21.8 Å². The first-order valence-corrected chi connectivity index (χ1v) is 12.5. The van der Waals surface area contributed by atoms with E-state index >= 15 is 0 Å². The normalized spacial score (nSPS) is 11.4. The number of aromatic nitrogens is 7. The van der Waals surface area contributed by atoms with Crippen LogP contribution in [0.3, 0.4) is 0 Å². The van der Waals surface area contributed by atoms with E-state index in [1.54, 1.807) is 18.3 Å². The summed E-state index contributed by atoms with van der Waals surface area (Å²) in [6.45, 7) is 0.0734. The van der Waals surface area contributed by atoms with Crippen molar-refractivity contribution in [3.05, 3.63) is 83.3 Å². The molecule has 0 fully saturated rings. The molecule has 6 aromatic rings. The highest BCUT2D eigenvalue weighted by Crippen LogP contribution is 2.42. The van der Waals surface area contributed by atoms with Crippen molar-refractivity contribution in [2.75, 3.05) is 5.32 Å². The van der Waals surface area contributed by atoms with Gasteiger partial charge in [0.05, 0.1) is 12.0 Å². The van der Waals surface area contributed by atoms with E-state index < -0.39 is 23.9 Å². The Labute approximate surface area is 227 Å². The minimum Gasteiger partial charge on any atom is -0.464 e. The van der Waals surface area contributed by atoms with Gasteiger partial charge in [-0.2, -0.15) is 5.10 Å². The number of rotatable bonds is 8. The second-order valence-electron chi connectivity index (χ2n) is 8.41. The fourth-order valence-corrected chi connectivity index (χ4v) is 5.04. The molecule has 0 spiro atoms. The number of halogens is 2. The van der Waals surface area contributed by atoms with Crippen LogP contribution >= 0.6 is 11.3 Å².